The van der Waals surface area contributed by atoms with Crippen molar-refractivity contribution in [2.45, 2.75) is 65.1 Å². The number of hydrogen-bond donors (Lipinski definition) is 0. The third-order valence-corrected chi connectivity index (χ3v) is 5.04. The van der Waals surface area contributed by atoms with Crippen molar-refractivity contribution in [1.82, 2.24) is 9.80 Å². The fourth-order valence-electron chi connectivity index (χ4n) is 3.92. The van der Waals surface area contributed by atoms with E-state index in [0.29, 0.717) is 19.5 Å². The van der Waals surface area contributed by atoms with Crippen LogP contribution in [0.15, 0.2) is 18.2 Å². The van der Waals surface area contributed by atoms with Crippen molar-refractivity contribution in [3.8, 4) is 0 Å². The molecule has 0 saturated carbocycles. The molecule has 5 nitrogen and oxygen atoms in total. The number of rotatable bonds is 1. The van der Waals surface area contributed by atoms with Gasteiger partial charge < -0.3 is 9.64 Å². The number of carbonyl (C=O) groups is 2. The van der Waals surface area contributed by atoms with E-state index >= 15 is 0 Å². The maximum atomic E-state index is 12.9. The van der Waals surface area contributed by atoms with Gasteiger partial charge in [0.05, 0.1) is 12.1 Å². The Hall–Kier alpha value is -2.04. The molecule has 1 aromatic rings. The second kappa shape index (κ2) is 6.36. The standard InChI is InChI=1S/C20H28N2O3/c1-13-6-7-14(2)15(12-13)18-16-8-9-17(23)21(16)10-11-22(18)19(24)25-20(3,4)5/h6-7,12,16,18H,8-11H2,1-5H3/t16-,18-/m0/s1. The van der Waals surface area contributed by atoms with Crippen LogP contribution in [0.3, 0.4) is 0 Å². The van der Waals surface area contributed by atoms with Gasteiger partial charge in [0.25, 0.3) is 0 Å². The maximum Gasteiger partial charge on any atom is 0.410 e. The number of amides is 2. The molecule has 0 bridgehead atoms. The third-order valence-electron chi connectivity index (χ3n) is 5.04. The Balaban J connectivity index is 2.00. The fraction of sp³-hybridized carbons (Fsp3) is 0.600. The molecule has 0 radical (unpaired) electrons. The molecule has 2 heterocycles. The average molecular weight is 344 g/mol. The van der Waals surface area contributed by atoms with E-state index in [0.717, 1.165) is 23.1 Å². The fourth-order valence-corrected chi connectivity index (χ4v) is 3.92. The molecule has 5 heteroatoms. The molecule has 3 rings (SSSR count). The van der Waals surface area contributed by atoms with Crippen molar-refractivity contribution in [3.05, 3.63) is 34.9 Å². The van der Waals surface area contributed by atoms with Crippen molar-refractivity contribution in [2.24, 2.45) is 0 Å². The highest BCUT2D eigenvalue weighted by Crippen LogP contribution is 2.39. The summed E-state index contributed by atoms with van der Waals surface area (Å²) in [6.07, 6.45) is 1.06. The summed E-state index contributed by atoms with van der Waals surface area (Å²) in [5, 5.41) is 0. The molecule has 2 atom stereocenters. The van der Waals surface area contributed by atoms with Crippen LogP contribution in [0.1, 0.15) is 56.3 Å². The molecule has 0 N–H and O–H groups in total. The van der Waals surface area contributed by atoms with Gasteiger partial charge in [0.1, 0.15) is 5.60 Å². The average Bonchev–Trinajstić information content (AvgIpc) is 2.89. The number of piperazine rings is 1. The van der Waals surface area contributed by atoms with Crippen molar-refractivity contribution in [1.29, 1.82) is 0 Å². The van der Waals surface area contributed by atoms with E-state index in [9.17, 15) is 9.59 Å². The van der Waals surface area contributed by atoms with Gasteiger partial charge in [-0.25, -0.2) is 4.79 Å². The van der Waals surface area contributed by atoms with Gasteiger partial charge in [-0.1, -0.05) is 23.8 Å². The number of benzene rings is 1. The van der Waals surface area contributed by atoms with Crippen LogP contribution in [-0.4, -0.2) is 46.5 Å². The van der Waals surface area contributed by atoms with Gasteiger partial charge in [-0.3, -0.25) is 9.69 Å². The third kappa shape index (κ3) is 3.51. The first kappa shape index (κ1) is 17.8. The summed E-state index contributed by atoms with van der Waals surface area (Å²) in [5.74, 6) is 0.198. The molecule has 2 aliphatic heterocycles. The van der Waals surface area contributed by atoms with Crippen molar-refractivity contribution in [3.63, 3.8) is 0 Å². The normalized spacial score (nSPS) is 23.6. The molecule has 0 spiro atoms. The minimum absolute atomic E-state index is 0.0364. The quantitative estimate of drug-likeness (QED) is 0.782. The molecule has 1 aromatic carbocycles. The SMILES string of the molecule is Cc1ccc(C)c([C@H]2[C@@H]3CCC(=O)N3CCN2C(=O)OC(C)(C)C)c1. The van der Waals surface area contributed by atoms with Gasteiger partial charge in [0.2, 0.25) is 5.91 Å². The maximum absolute atomic E-state index is 12.9. The van der Waals surface area contributed by atoms with Crippen LogP contribution in [0.5, 0.6) is 0 Å². The van der Waals surface area contributed by atoms with E-state index in [1.54, 1.807) is 0 Å². The van der Waals surface area contributed by atoms with Gasteiger partial charge >= 0.3 is 6.09 Å². The Kier molecular flexibility index (Phi) is 4.52. The number of ether oxygens (including phenoxy) is 1. The molecular weight excluding hydrogens is 316 g/mol. The highest BCUT2D eigenvalue weighted by Gasteiger charge is 2.46. The topological polar surface area (TPSA) is 49.9 Å². The van der Waals surface area contributed by atoms with E-state index in [2.05, 4.69) is 32.0 Å². The van der Waals surface area contributed by atoms with Crippen molar-refractivity contribution < 1.29 is 14.3 Å². The predicted molar refractivity (Wildman–Crippen MR) is 96.3 cm³/mol. The van der Waals surface area contributed by atoms with E-state index in [-0.39, 0.29) is 24.1 Å². The van der Waals surface area contributed by atoms with Crippen LogP contribution in [0.25, 0.3) is 0 Å². The zero-order chi connectivity index (χ0) is 18.4. The van der Waals surface area contributed by atoms with Gasteiger partial charge in [0.15, 0.2) is 0 Å². The summed E-state index contributed by atoms with van der Waals surface area (Å²) in [5.41, 5.74) is 2.89. The highest BCUT2D eigenvalue weighted by atomic mass is 16.6. The molecule has 2 aliphatic rings. The lowest BCUT2D eigenvalue weighted by Gasteiger charge is -2.45. The lowest BCUT2D eigenvalue weighted by molar-refractivity contribution is -0.132. The van der Waals surface area contributed by atoms with E-state index < -0.39 is 5.60 Å². The summed E-state index contributed by atoms with van der Waals surface area (Å²) in [7, 11) is 0. The number of aryl methyl sites for hydroxylation is 2. The molecule has 0 aliphatic carbocycles. The van der Waals surface area contributed by atoms with E-state index in [1.165, 1.54) is 0 Å². The zero-order valence-electron chi connectivity index (χ0n) is 15.8. The Morgan fingerprint density at radius 3 is 2.60 bits per heavy atom. The number of hydrogen-bond acceptors (Lipinski definition) is 3. The van der Waals surface area contributed by atoms with Crippen LogP contribution in [0.4, 0.5) is 4.79 Å². The largest absolute Gasteiger partial charge is 0.444 e. The molecule has 2 saturated heterocycles. The summed E-state index contributed by atoms with van der Waals surface area (Å²) in [6, 6.07) is 6.21. The predicted octanol–water partition coefficient (Wildman–Crippen LogP) is 3.59. The first-order valence-corrected chi connectivity index (χ1v) is 9.03. The van der Waals surface area contributed by atoms with Crippen molar-refractivity contribution >= 4 is 12.0 Å². The molecular formula is C20H28N2O3. The summed E-state index contributed by atoms with van der Waals surface area (Å²) in [4.78, 5) is 28.9. The molecule has 2 amide bonds. The summed E-state index contributed by atoms with van der Waals surface area (Å²) >= 11 is 0. The van der Waals surface area contributed by atoms with Crippen LogP contribution in [-0.2, 0) is 9.53 Å². The van der Waals surface area contributed by atoms with Crippen molar-refractivity contribution in [2.75, 3.05) is 13.1 Å². The minimum atomic E-state index is -0.536. The smallest absolute Gasteiger partial charge is 0.410 e. The molecule has 136 valence electrons. The van der Waals surface area contributed by atoms with Gasteiger partial charge in [-0.2, -0.15) is 0 Å². The van der Waals surface area contributed by atoms with Gasteiger partial charge in [-0.05, 0) is 52.2 Å². The van der Waals surface area contributed by atoms with Gasteiger partial charge in [0, 0.05) is 19.5 Å². The summed E-state index contributed by atoms with van der Waals surface area (Å²) < 4.78 is 5.66. The highest BCUT2D eigenvalue weighted by molar-refractivity contribution is 5.80. The minimum Gasteiger partial charge on any atom is -0.444 e. The number of fused-ring (bicyclic) bond motifs is 1. The number of carbonyl (C=O) groups excluding carboxylic acids is 2. The Bertz CT molecular complexity index is 693. The lowest BCUT2D eigenvalue weighted by Crippen LogP contribution is -2.56. The summed E-state index contributed by atoms with van der Waals surface area (Å²) in [6.45, 7) is 10.9. The van der Waals surface area contributed by atoms with Crippen LogP contribution < -0.4 is 0 Å². The molecule has 25 heavy (non-hydrogen) atoms. The van der Waals surface area contributed by atoms with Gasteiger partial charge in [-0.15, -0.1) is 0 Å². The van der Waals surface area contributed by atoms with Crippen LogP contribution in [0, 0.1) is 13.8 Å². The monoisotopic (exact) mass is 344 g/mol. The second-order valence-corrected chi connectivity index (χ2v) is 8.17. The molecule has 2 fully saturated rings. The Morgan fingerprint density at radius 1 is 1.20 bits per heavy atom. The van der Waals surface area contributed by atoms with Crippen LogP contribution >= 0.6 is 0 Å². The Morgan fingerprint density at radius 2 is 1.92 bits per heavy atom. The van der Waals surface area contributed by atoms with E-state index in [4.69, 9.17) is 4.74 Å². The first-order chi connectivity index (χ1) is 11.7. The second-order valence-electron chi connectivity index (χ2n) is 8.17. The lowest BCUT2D eigenvalue weighted by atomic mass is 9.90. The molecule has 0 unspecified atom stereocenters. The first-order valence-electron chi connectivity index (χ1n) is 9.03. The zero-order valence-corrected chi connectivity index (χ0v) is 15.8. The Labute approximate surface area is 149 Å². The number of nitrogens with zero attached hydrogens (tertiary/aromatic N) is 2. The van der Waals surface area contributed by atoms with E-state index in [1.807, 2.05) is 30.6 Å². The van der Waals surface area contributed by atoms with Crippen LogP contribution in [0.2, 0.25) is 0 Å². The molecule has 0 aromatic heterocycles.